The summed E-state index contributed by atoms with van der Waals surface area (Å²) in [6, 6.07) is 17.4. The van der Waals surface area contributed by atoms with Crippen LogP contribution in [0.5, 0.6) is 0 Å². The van der Waals surface area contributed by atoms with Crippen LogP contribution < -0.4 is 11.2 Å². The van der Waals surface area contributed by atoms with E-state index in [2.05, 4.69) is 4.98 Å². The molecule has 0 unspecified atom stereocenters. The Morgan fingerprint density at radius 3 is 2.26 bits per heavy atom. The minimum absolute atomic E-state index is 0.107. The van der Waals surface area contributed by atoms with Crippen LogP contribution in [0, 0.1) is 0 Å². The van der Waals surface area contributed by atoms with Crippen molar-refractivity contribution in [2.24, 2.45) is 0 Å². The van der Waals surface area contributed by atoms with Crippen LogP contribution in [0.2, 0.25) is 0 Å². The molecule has 3 rings (SSSR count). The Hall–Kier alpha value is -2.59. The highest BCUT2D eigenvalue weighted by atomic mass is 16.5. The monoisotopic (exact) mass is 312 g/mol. The molecule has 0 saturated carbocycles. The van der Waals surface area contributed by atoms with Gasteiger partial charge in [-0.2, -0.15) is 0 Å². The van der Waals surface area contributed by atoms with Crippen molar-refractivity contribution in [3.63, 3.8) is 0 Å². The summed E-state index contributed by atoms with van der Waals surface area (Å²) in [4.78, 5) is 14.3. The zero-order chi connectivity index (χ0) is 17.1. The first-order chi connectivity index (χ1) is 11.2. The van der Waals surface area contributed by atoms with E-state index in [1.54, 1.807) is 13.2 Å². The zero-order valence-electron chi connectivity index (χ0n) is 13.9. The molecule has 23 heavy (non-hydrogen) atoms. The summed E-state index contributed by atoms with van der Waals surface area (Å²) in [6.45, 7) is 4.71. The number of methoxy groups -OCH3 is 1. The number of anilines is 1. The summed E-state index contributed by atoms with van der Waals surface area (Å²) in [5.74, 6) is 0. The molecule has 0 aliphatic rings. The second-order valence-electron chi connectivity index (χ2n) is 4.54. The molecule has 0 atom stereocenters. The van der Waals surface area contributed by atoms with Gasteiger partial charge in [0.15, 0.2) is 0 Å². The van der Waals surface area contributed by atoms with Gasteiger partial charge < -0.3 is 15.5 Å². The van der Waals surface area contributed by atoms with Crippen LogP contribution in [0.1, 0.15) is 19.4 Å². The third-order valence-electron chi connectivity index (χ3n) is 2.97. The number of hydrogen-bond acceptors (Lipinski definition) is 3. The highest BCUT2D eigenvalue weighted by Crippen LogP contribution is 2.06. The molecule has 0 spiro atoms. The number of rotatable bonds is 2. The summed E-state index contributed by atoms with van der Waals surface area (Å²) in [6.07, 6.45) is 1.52. The van der Waals surface area contributed by atoms with Crippen molar-refractivity contribution in [1.82, 2.24) is 4.98 Å². The van der Waals surface area contributed by atoms with Gasteiger partial charge in [-0.05, 0) is 17.7 Å². The van der Waals surface area contributed by atoms with Crippen LogP contribution in [-0.2, 0) is 11.3 Å². The van der Waals surface area contributed by atoms with Crippen LogP contribution >= 0.6 is 0 Å². The number of nitrogen functional groups attached to an aromatic ring is 1. The van der Waals surface area contributed by atoms with Gasteiger partial charge in [0.05, 0.1) is 12.3 Å². The van der Waals surface area contributed by atoms with Gasteiger partial charge in [0, 0.05) is 24.2 Å². The number of nitrogens with one attached hydrogen (secondary N) is 1. The van der Waals surface area contributed by atoms with Crippen LogP contribution in [-0.4, -0.2) is 12.1 Å². The molecule has 0 saturated heterocycles. The summed E-state index contributed by atoms with van der Waals surface area (Å²) >= 11 is 0. The SMILES string of the molecule is CC.COCc1ccccc1.Nc1c[nH]c2ccccc2c1=O. The molecule has 0 bridgehead atoms. The molecule has 2 aromatic carbocycles. The number of para-hydroxylation sites is 1. The second-order valence-corrected chi connectivity index (χ2v) is 4.54. The minimum atomic E-state index is -0.107. The number of pyridine rings is 1. The molecule has 1 heterocycles. The first-order valence-corrected chi connectivity index (χ1v) is 7.61. The van der Waals surface area contributed by atoms with E-state index in [0.29, 0.717) is 12.0 Å². The molecule has 122 valence electrons. The Bertz CT molecular complexity index is 752. The van der Waals surface area contributed by atoms with Crippen molar-refractivity contribution in [1.29, 1.82) is 0 Å². The first kappa shape index (κ1) is 18.5. The van der Waals surface area contributed by atoms with E-state index in [1.807, 2.05) is 62.4 Å². The number of benzene rings is 2. The molecule has 4 heteroatoms. The van der Waals surface area contributed by atoms with E-state index in [9.17, 15) is 4.79 Å². The number of H-pyrrole nitrogens is 1. The Kier molecular flexibility index (Phi) is 8.18. The van der Waals surface area contributed by atoms with E-state index >= 15 is 0 Å². The number of hydrogen-bond donors (Lipinski definition) is 2. The van der Waals surface area contributed by atoms with Crippen molar-refractivity contribution in [3.05, 3.63) is 76.6 Å². The molecular weight excluding hydrogens is 288 g/mol. The maximum absolute atomic E-state index is 11.4. The van der Waals surface area contributed by atoms with Crippen molar-refractivity contribution >= 4 is 16.6 Å². The van der Waals surface area contributed by atoms with Crippen molar-refractivity contribution in [3.8, 4) is 0 Å². The van der Waals surface area contributed by atoms with E-state index in [4.69, 9.17) is 10.5 Å². The quantitative estimate of drug-likeness (QED) is 0.752. The lowest BCUT2D eigenvalue weighted by molar-refractivity contribution is 0.185. The van der Waals surface area contributed by atoms with Gasteiger partial charge in [-0.1, -0.05) is 56.3 Å². The third-order valence-corrected chi connectivity index (χ3v) is 2.97. The van der Waals surface area contributed by atoms with Crippen LogP contribution in [0.15, 0.2) is 65.6 Å². The Morgan fingerprint density at radius 1 is 1.00 bits per heavy atom. The summed E-state index contributed by atoms with van der Waals surface area (Å²) in [5, 5.41) is 0.637. The lowest BCUT2D eigenvalue weighted by atomic mass is 10.2. The second kappa shape index (κ2) is 10.2. The fourth-order valence-electron chi connectivity index (χ4n) is 1.92. The lowest BCUT2D eigenvalue weighted by Crippen LogP contribution is -2.08. The average Bonchev–Trinajstić information content (AvgIpc) is 2.62. The summed E-state index contributed by atoms with van der Waals surface area (Å²) in [5.41, 5.74) is 7.63. The van der Waals surface area contributed by atoms with Gasteiger partial charge in [-0.15, -0.1) is 0 Å². The van der Waals surface area contributed by atoms with Crippen LogP contribution in [0.25, 0.3) is 10.9 Å². The molecule has 0 aliphatic heterocycles. The van der Waals surface area contributed by atoms with Crippen LogP contribution in [0.3, 0.4) is 0 Å². The van der Waals surface area contributed by atoms with Gasteiger partial charge in [0.1, 0.15) is 0 Å². The van der Waals surface area contributed by atoms with E-state index in [-0.39, 0.29) is 11.1 Å². The van der Waals surface area contributed by atoms with Gasteiger partial charge >= 0.3 is 0 Å². The van der Waals surface area contributed by atoms with Gasteiger partial charge in [0.25, 0.3) is 0 Å². The molecule has 0 radical (unpaired) electrons. The number of aromatic nitrogens is 1. The van der Waals surface area contributed by atoms with E-state index in [1.165, 1.54) is 11.8 Å². The van der Waals surface area contributed by atoms with E-state index < -0.39 is 0 Å². The lowest BCUT2D eigenvalue weighted by Gasteiger charge is -1.96. The van der Waals surface area contributed by atoms with Crippen molar-refractivity contribution in [2.45, 2.75) is 20.5 Å². The molecular formula is C19H24N2O2. The van der Waals surface area contributed by atoms with Gasteiger partial charge in [-0.3, -0.25) is 4.79 Å². The number of aromatic amines is 1. The Morgan fingerprint density at radius 2 is 1.61 bits per heavy atom. The standard InChI is InChI=1S/C9H8N2O.C8H10O.C2H6/c10-7-5-11-8-4-2-1-3-6(8)9(7)12;1-9-7-8-5-3-2-4-6-8;1-2/h1-5H,10H2,(H,11,12);2-6H,7H2,1H3;1-2H3. The van der Waals surface area contributed by atoms with Crippen LogP contribution in [0.4, 0.5) is 5.69 Å². The Labute approximate surface area is 136 Å². The zero-order valence-corrected chi connectivity index (χ0v) is 13.9. The van der Waals surface area contributed by atoms with E-state index in [0.717, 1.165) is 5.52 Å². The maximum Gasteiger partial charge on any atom is 0.212 e. The van der Waals surface area contributed by atoms with Gasteiger partial charge in [-0.25, -0.2) is 0 Å². The van der Waals surface area contributed by atoms with Crippen molar-refractivity contribution < 1.29 is 4.74 Å². The minimum Gasteiger partial charge on any atom is -0.394 e. The third kappa shape index (κ3) is 5.60. The average molecular weight is 312 g/mol. The molecule has 0 aliphatic carbocycles. The first-order valence-electron chi connectivity index (χ1n) is 7.61. The largest absolute Gasteiger partial charge is 0.394 e. The summed E-state index contributed by atoms with van der Waals surface area (Å²) in [7, 11) is 1.70. The molecule has 0 amide bonds. The molecule has 1 aromatic heterocycles. The highest BCUT2D eigenvalue weighted by Gasteiger charge is 1.98. The Balaban J connectivity index is 0.000000215. The smallest absolute Gasteiger partial charge is 0.212 e. The fourth-order valence-corrected chi connectivity index (χ4v) is 1.92. The normalized spacial score (nSPS) is 9.35. The predicted molar refractivity (Wildman–Crippen MR) is 97.5 cm³/mol. The predicted octanol–water partition coefficient (Wildman–Crippen LogP) is 3.97. The number of fused-ring (bicyclic) bond motifs is 1. The van der Waals surface area contributed by atoms with Gasteiger partial charge in [0.2, 0.25) is 5.43 Å². The molecule has 4 nitrogen and oxygen atoms in total. The maximum atomic E-state index is 11.4. The fraction of sp³-hybridized carbons (Fsp3) is 0.211. The number of nitrogens with two attached hydrogens (primary N) is 1. The molecule has 0 fully saturated rings. The molecule has 3 N–H and O–H groups in total. The molecule has 3 aromatic rings. The number of ether oxygens (including phenoxy) is 1. The van der Waals surface area contributed by atoms with Crippen molar-refractivity contribution in [2.75, 3.05) is 12.8 Å². The highest BCUT2D eigenvalue weighted by molar-refractivity contribution is 5.80. The summed E-state index contributed by atoms with van der Waals surface area (Å²) < 4.78 is 4.93. The topological polar surface area (TPSA) is 68.1 Å².